The quantitative estimate of drug-likeness (QED) is 0.842. The van der Waals surface area contributed by atoms with Crippen molar-refractivity contribution < 1.29 is 9.53 Å². The van der Waals surface area contributed by atoms with Gasteiger partial charge in [-0.15, -0.1) is 0 Å². The first kappa shape index (κ1) is 16.2. The molecular weight excluding hydrogens is 306 g/mol. The zero-order valence-electron chi connectivity index (χ0n) is 13.7. The van der Waals surface area contributed by atoms with Gasteiger partial charge in [0.1, 0.15) is 12.3 Å². The van der Waals surface area contributed by atoms with Crippen molar-refractivity contribution in [3.63, 3.8) is 0 Å². The van der Waals surface area contributed by atoms with Gasteiger partial charge in [0.2, 0.25) is 5.91 Å². The molecule has 1 fully saturated rings. The highest BCUT2D eigenvalue weighted by atomic mass is 16.5. The Labute approximate surface area is 140 Å². The number of benzene rings is 1. The second-order valence-corrected chi connectivity index (χ2v) is 5.78. The molecule has 126 valence electrons. The Morgan fingerprint density at radius 1 is 1.33 bits per heavy atom. The molecule has 0 aliphatic carbocycles. The van der Waals surface area contributed by atoms with Gasteiger partial charge in [-0.2, -0.15) is 0 Å². The molecule has 6 nitrogen and oxygen atoms in total. The number of hydrogen-bond acceptors (Lipinski definition) is 4. The van der Waals surface area contributed by atoms with Crippen LogP contribution in [0.5, 0.6) is 5.75 Å². The molecule has 0 unspecified atom stereocenters. The topological polar surface area (TPSA) is 64.4 Å². The molecule has 0 spiro atoms. The maximum atomic E-state index is 12.6. The van der Waals surface area contributed by atoms with Crippen LogP contribution in [-0.2, 0) is 11.3 Å². The molecule has 0 bridgehead atoms. The minimum atomic E-state index is -0.400. The van der Waals surface area contributed by atoms with Gasteiger partial charge in [0, 0.05) is 18.9 Å². The first-order valence-electron chi connectivity index (χ1n) is 8.22. The van der Waals surface area contributed by atoms with Crippen molar-refractivity contribution in [2.75, 3.05) is 13.2 Å². The minimum Gasteiger partial charge on any atom is -0.494 e. The lowest BCUT2D eigenvalue weighted by Crippen LogP contribution is -2.36. The van der Waals surface area contributed by atoms with E-state index in [9.17, 15) is 9.59 Å². The number of amides is 1. The van der Waals surface area contributed by atoms with Gasteiger partial charge < -0.3 is 9.64 Å². The average molecular weight is 327 g/mol. The van der Waals surface area contributed by atoms with E-state index in [1.54, 1.807) is 12.3 Å². The summed E-state index contributed by atoms with van der Waals surface area (Å²) in [5.41, 5.74) is 0.700. The van der Waals surface area contributed by atoms with E-state index in [-0.39, 0.29) is 18.5 Å². The van der Waals surface area contributed by atoms with Gasteiger partial charge in [-0.1, -0.05) is 12.1 Å². The van der Waals surface area contributed by atoms with Crippen LogP contribution >= 0.6 is 0 Å². The minimum absolute atomic E-state index is 0.0280. The lowest BCUT2D eigenvalue weighted by molar-refractivity contribution is -0.132. The van der Waals surface area contributed by atoms with Crippen LogP contribution in [0.1, 0.15) is 31.4 Å². The van der Waals surface area contributed by atoms with Crippen molar-refractivity contribution in [1.29, 1.82) is 0 Å². The fourth-order valence-corrected chi connectivity index (χ4v) is 3.11. The molecule has 24 heavy (non-hydrogen) atoms. The smallest absolute Gasteiger partial charge is 0.347 e. The molecule has 1 amide bonds. The third kappa shape index (κ3) is 3.48. The van der Waals surface area contributed by atoms with E-state index in [0.29, 0.717) is 13.2 Å². The van der Waals surface area contributed by atoms with E-state index in [2.05, 4.69) is 4.98 Å². The van der Waals surface area contributed by atoms with Crippen molar-refractivity contribution >= 4 is 5.91 Å². The molecule has 1 aromatic carbocycles. The van der Waals surface area contributed by atoms with E-state index in [1.807, 2.05) is 36.1 Å². The second-order valence-electron chi connectivity index (χ2n) is 5.78. The number of carbonyl (C=O) groups is 1. The molecule has 3 rings (SSSR count). The van der Waals surface area contributed by atoms with Crippen LogP contribution in [0.15, 0.2) is 47.5 Å². The maximum Gasteiger partial charge on any atom is 0.347 e. The van der Waals surface area contributed by atoms with Crippen LogP contribution in [0.2, 0.25) is 0 Å². The monoisotopic (exact) mass is 327 g/mol. The molecule has 1 atom stereocenters. The van der Waals surface area contributed by atoms with E-state index < -0.39 is 5.69 Å². The van der Waals surface area contributed by atoms with Gasteiger partial charge in [0.05, 0.1) is 12.6 Å². The van der Waals surface area contributed by atoms with Crippen molar-refractivity contribution in [3.8, 4) is 5.75 Å². The SMILES string of the molecule is CCOc1ccc([C@@H]2CCCN2C(=O)Cn2cccnc2=O)cc1. The van der Waals surface area contributed by atoms with Crippen molar-refractivity contribution in [3.05, 3.63) is 58.8 Å². The zero-order chi connectivity index (χ0) is 16.9. The highest BCUT2D eigenvalue weighted by molar-refractivity contribution is 5.76. The first-order chi connectivity index (χ1) is 11.7. The van der Waals surface area contributed by atoms with E-state index in [1.165, 1.54) is 10.8 Å². The van der Waals surface area contributed by atoms with Gasteiger partial charge in [-0.05, 0) is 43.5 Å². The number of aromatic nitrogens is 2. The van der Waals surface area contributed by atoms with Crippen LogP contribution < -0.4 is 10.4 Å². The lowest BCUT2D eigenvalue weighted by Gasteiger charge is -2.25. The molecule has 2 heterocycles. The number of nitrogens with zero attached hydrogens (tertiary/aromatic N) is 3. The normalized spacial score (nSPS) is 17.0. The fraction of sp³-hybridized carbons (Fsp3) is 0.389. The molecule has 0 saturated carbocycles. The van der Waals surface area contributed by atoms with Crippen molar-refractivity contribution in [1.82, 2.24) is 14.5 Å². The van der Waals surface area contributed by atoms with Crippen molar-refractivity contribution in [2.45, 2.75) is 32.4 Å². The molecule has 1 aliphatic rings. The van der Waals surface area contributed by atoms with Crippen LogP contribution in [0.25, 0.3) is 0 Å². The van der Waals surface area contributed by atoms with Crippen LogP contribution in [0, 0.1) is 0 Å². The third-order valence-electron chi connectivity index (χ3n) is 4.24. The average Bonchev–Trinajstić information content (AvgIpc) is 3.08. The van der Waals surface area contributed by atoms with Crippen LogP contribution in [0.3, 0.4) is 0 Å². The molecule has 6 heteroatoms. The van der Waals surface area contributed by atoms with E-state index >= 15 is 0 Å². The summed E-state index contributed by atoms with van der Waals surface area (Å²) < 4.78 is 6.81. The van der Waals surface area contributed by atoms with Gasteiger partial charge in [-0.25, -0.2) is 9.78 Å². The third-order valence-corrected chi connectivity index (χ3v) is 4.24. The highest BCUT2D eigenvalue weighted by Gasteiger charge is 2.30. The molecular formula is C18H21N3O3. The summed E-state index contributed by atoms with van der Waals surface area (Å²) in [7, 11) is 0. The lowest BCUT2D eigenvalue weighted by atomic mass is 10.0. The van der Waals surface area contributed by atoms with Gasteiger partial charge in [0.25, 0.3) is 0 Å². The zero-order valence-corrected chi connectivity index (χ0v) is 13.7. The molecule has 1 saturated heterocycles. The Kier molecular flexibility index (Phi) is 4.93. The van der Waals surface area contributed by atoms with Gasteiger partial charge >= 0.3 is 5.69 Å². The highest BCUT2D eigenvalue weighted by Crippen LogP contribution is 2.32. The van der Waals surface area contributed by atoms with Gasteiger partial charge in [0.15, 0.2) is 0 Å². The summed E-state index contributed by atoms with van der Waals surface area (Å²) in [6.45, 7) is 3.32. The summed E-state index contributed by atoms with van der Waals surface area (Å²) >= 11 is 0. The Hall–Kier alpha value is -2.63. The van der Waals surface area contributed by atoms with Crippen molar-refractivity contribution in [2.24, 2.45) is 0 Å². The summed E-state index contributed by atoms with van der Waals surface area (Å²) in [5.74, 6) is 0.778. The number of hydrogen-bond donors (Lipinski definition) is 0. The second kappa shape index (κ2) is 7.29. The molecule has 1 aromatic heterocycles. The number of likely N-dealkylation sites (tertiary alicyclic amines) is 1. The Morgan fingerprint density at radius 2 is 2.12 bits per heavy atom. The molecule has 1 aliphatic heterocycles. The largest absolute Gasteiger partial charge is 0.494 e. The standard InChI is InChI=1S/C18H21N3O3/c1-2-24-15-8-6-14(7-9-15)16-5-3-12-21(16)17(22)13-20-11-4-10-19-18(20)23/h4,6-11,16H,2-3,5,12-13H2,1H3/t16-/m0/s1. The first-order valence-corrected chi connectivity index (χ1v) is 8.22. The predicted octanol–water partition coefficient (Wildman–Crippen LogP) is 2.01. The number of rotatable bonds is 5. The number of ether oxygens (including phenoxy) is 1. The maximum absolute atomic E-state index is 12.6. The Balaban J connectivity index is 1.74. The number of carbonyl (C=O) groups excluding carboxylic acids is 1. The van der Waals surface area contributed by atoms with E-state index in [0.717, 1.165) is 24.2 Å². The fourth-order valence-electron chi connectivity index (χ4n) is 3.11. The summed E-state index contributed by atoms with van der Waals surface area (Å²) in [5, 5.41) is 0. The predicted molar refractivity (Wildman–Crippen MR) is 89.8 cm³/mol. The summed E-state index contributed by atoms with van der Waals surface area (Å²) in [4.78, 5) is 29.9. The van der Waals surface area contributed by atoms with E-state index in [4.69, 9.17) is 4.74 Å². The summed E-state index contributed by atoms with van der Waals surface area (Å²) in [6, 6.07) is 9.61. The Bertz CT molecular complexity index is 755. The summed E-state index contributed by atoms with van der Waals surface area (Å²) in [6.07, 6.45) is 4.92. The molecule has 0 N–H and O–H groups in total. The molecule has 2 aromatic rings. The van der Waals surface area contributed by atoms with Crippen LogP contribution in [0.4, 0.5) is 0 Å². The van der Waals surface area contributed by atoms with Crippen LogP contribution in [-0.4, -0.2) is 33.5 Å². The Morgan fingerprint density at radius 3 is 2.83 bits per heavy atom. The molecule has 0 radical (unpaired) electrons. The van der Waals surface area contributed by atoms with Gasteiger partial charge in [-0.3, -0.25) is 9.36 Å².